The summed E-state index contributed by atoms with van der Waals surface area (Å²) in [6.07, 6.45) is 6.34. The maximum Gasteiger partial charge on any atom is 0.150 e. The molecule has 30 heavy (non-hydrogen) atoms. The molecule has 0 N–H and O–H groups in total. The number of benzene rings is 2. The molecule has 1 unspecified atom stereocenters. The van der Waals surface area contributed by atoms with Crippen LogP contribution in [0.15, 0.2) is 42.5 Å². The van der Waals surface area contributed by atoms with Crippen molar-refractivity contribution in [2.75, 3.05) is 19.8 Å². The number of nitrogens with zero attached hydrogens (tertiary/aromatic N) is 2. The lowest BCUT2D eigenvalue weighted by molar-refractivity contribution is -0.0365. The third-order valence-corrected chi connectivity index (χ3v) is 6.07. The maximum atomic E-state index is 6.21. The highest BCUT2D eigenvalue weighted by Crippen LogP contribution is 2.35. The van der Waals surface area contributed by atoms with Crippen LogP contribution in [0.4, 0.5) is 0 Å². The monoisotopic (exact) mass is 406 g/mol. The van der Waals surface area contributed by atoms with Gasteiger partial charge in [-0.15, -0.1) is 0 Å². The van der Waals surface area contributed by atoms with Crippen LogP contribution in [0.1, 0.15) is 50.8 Å². The Labute approximate surface area is 177 Å². The summed E-state index contributed by atoms with van der Waals surface area (Å²) < 4.78 is 20.2. The Balaban J connectivity index is 1.63. The molecule has 0 radical (unpaired) electrons. The molecule has 3 heterocycles. The summed E-state index contributed by atoms with van der Waals surface area (Å²) in [7, 11) is 0. The van der Waals surface area contributed by atoms with Crippen LogP contribution in [0.2, 0.25) is 0 Å². The lowest BCUT2D eigenvalue weighted by Crippen LogP contribution is -2.19. The number of fused-ring (bicyclic) bond motifs is 4. The summed E-state index contributed by atoms with van der Waals surface area (Å²) in [4.78, 5) is 0. The zero-order chi connectivity index (χ0) is 20.3. The van der Waals surface area contributed by atoms with Crippen LogP contribution < -0.4 is 4.74 Å². The van der Waals surface area contributed by atoms with E-state index in [9.17, 15) is 0 Å². The predicted octanol–water partition coefficient (Wildman–Crippen LogP) is 5.52. The molecular formula is C25H30N2O3. The number of aryl methyl sites for hydroxylation is 1. The second-order valence-electron chi connectivity index (χ2n) is 8.43. The van der Waals surface area contributed by atoms with Gasteiger partial charge in [0.05, 0.1) is 18.2 Å². The van der Waals surface area contributed by atoms with E-state index in [1.165, 1.54) is 12.0 Å². The third kappa shape index (κ3) is 4.09. The molecule has 2 atom stereocenters. The lowest BCUT2D eigenvalue weighted by Gasteiger charge is -2.23. The first-order valence-electron chi connectivity index (χ1n) is 11.3. The van der Waals surface area contributed by atoms with Gasteiger partial charge in [-0.1, -0.05) is 18.2 Å². The van der Waals surface area contributed by atoms with Gasteiger partial charge >= 0.3 is 0 Å². The smallest absolute Gasteiger partial charge is 0.150 e. The first kappa shape index (κ1) is 19.6. The number of aromatic nitrogens is 2. The van der Waals surface area contributed by atoms with Crippen molar-refractivity contribution < 1.29 is 14.2 Å². The molecule has 0 aliphatic carbocycles. The van der Waals surface area contributed by atoms with Crippen LogP contribution in [-0.4, -0.2) is 35.7 Å². The standard InChI is InChI=1S/C25H30N2O3/c1-18-12-15-28-13-5-7-19-6-4-8-20(16-19)25-22-17-21(30-18)10-11-23(22)27(26-25)24-9-2-3-14-29-24/h4,6,8,10-11,16-18,24H,2-3,5,7,9,12-15H2,1H3/t18-,24?/m0/s1. The Morgan fingerprint density at radius 2 is 1.93 bits per heavy atom. The molecule has 2 aliphatic rings. The first-order chi connectivity index (χ1) is 14.8. The highest BCUT2D eigenvalue weighted by molar-refractivity contribution is 5.94. The first-order valence-corrected chi connectivity index (χ1v) is 11.3. The average molecular weight is 407 g/mol. The minimum atomic E-state index is 0.00613. The lowest BCUT2D eigenvalue weighted by atomic mass is 10.0. The van der Waals surface area contributed by atoms with Gasteiger partial charge in [0.1, 0.15) is 11.4 Å². The summed E-state index contributed by atoms with van der Waals surface area (Å²) in [6.45, 7) is 4.42. The van der Waals surface area contributed by atoms with Crippen molar-refractivity contribution in [1.82, 2.24) is 9.78 Å². The van der Waals surface area contributed by atoms with Crippen LogP contribution in [0.25, 0.3) is 22.2 Å². The Hall–Kier alpha value is -2.37. The van der Waals surface area contributed by atoms with Gasteiger partial charge in [0.15, 0.2) is 6.23 Å². The third-order valence-electron chi connectivity index (χ3n) is 6.07. The summed E-state index contributed by atoms with van der Waals surface area (Å²) >= 11 is 0. The second-order valence-corrected chi connectivity index (χ2v) is 8.43. The second kappa shape index (κ2) is 8.78. The van der Waals surface area contributed by atoms with Gasteiger partial charge in [-0.3, -0.25) is 0 Å². The SMILES string of the molecule is C[C@H]1CCOCCCc2cccc(c2)-c2nn(C3CCCCO3)c3ccc(cc23)O1. The van der Waals surface area contributed by atoms with Crippen LogP contribution in [-0.2, 0) is 15.9 Å². The Kier molecular flexibility index (Phi) is 5.73. The number of hydrogen-bond acceptors (Lipinski definition) is 4. The molecule has 0 spiro atoms. The van der Waals surface area contributed by atoms with Crippen molar-refractivity contribution in [2.45, 2.75) is 57.8 Å². The Morgan fingerprint density at radius 1 is 0.967 bits per heavy atom. The molecule has 5 heteroatoms. The fourth-order valence-corrected chi connectivity index (χ4v) is 4.44. The maximum absolute atomic E-state index is 6.21. The number of ether oxygens (including phenoxy) is 3. The minimum Gasteiger partial charge on any atom is -0.491 e. The van der Waals surface area contributed by atoms with Crippen molar-refractivity contribution in [3.63, 3.8) is 0 Å². The molecular weight excluding hydrogens is 376 g/mol. The van der Waals surface area contributed by atoms with Crippen LogP contribution in [0, 0.1) is 0 Å². The van der Waals surface area contributed by atoms with E-state index in [0.717, 1.165) is 79.8 Å². The van der Waals surface area contributed by atoms with Crippen LogP contribution in [0.3, 0.4) is 0 Å². The fraction of sp³-hybridized carbons (Fsp3) is 0.480. The van der Waals surface area contributed by atoms with E-state index in [1.807, 2.05) is 0 Å². The zero-order valence-electron chi connectivity index (χ0n) is 17.7. The fourth-order valence-electron chi connectivity index (χ4n) is 4.44. The number of rotatable bonds is 1. The molecule has 1 saturated heterocycles. The normalized spacial score (nSPS) is 23.0. The quantitative estimate of drug-likeness (QED) is 0.534. The van der Waals surface area contributed by atoms with E-state index in [1.54, 1.807) is 0 Å². The van der Waals surface area contributed by atoms with Gasteiger partial charge in [0, 0.05) is 30.6 Å². The number of hydrogen-bond donors (Lipinski definition) is 0. The highest BCUT2D eigenvalue weighted by atomic mass is 16.5. The Morgan fingerprint density at radius 3 is 2.83 bits per heavy atom. The Bertz CT molecular complexity index is 1010. The molecule has 2 aliphatic heterocycles. The van der Waals surface area contributed by atoms with Gasteiger partial charge in [0.25, 0.3) is 0 Å². The van der Waals surface area contributed by atoms with E-state index in [0.29, 0.717) is 0 Å². The van der Waals surface area contributed by atoms with Crippen LogP contribution >= 0.6 is 0 Å². The van der Waals surface area contributed by atoms with Gasteiger partial charge in [-0.05, 0) is 68.9 Å². The molecule has 0 amide bonds. The van der Waals surface area contributed by atoms with Crippen molar-refractivity contribution in [3.8, 4) is 17.0 Å². The largest absolute Gasteiger partial charge is 0.491 e. The minimum absolute atomic E-state index is 0.00613. The molecule has 0 saturated carbocycles. The van der Waals surface area contributed by atoms with Gasteiger partial charge in [-0.2, -0.15) is 5.10 Å². The summed E-state index contributed by atoms with van der Waals surface area (Å²) in [5, 5.41) is 6.19. The van der Waals surface area contributed by atoms with E-state index in [2.05, 4.69) is 54.1 Å². The molecule has 158 valence electrons. The van der Waals surface area contributed by atoms with E-state index >= 15 is 0 Å². The van der Waals surface area contributed by atoms with Crippen molar-refractivity contribution >= 4 is 10.9 Å². The van der Waals surface area contributed by atoms with E-state index in [-0.39, 0.29) is 12.3 Å². The molecule has 3 aromatic rings. The van der Waals surface area contributed by atoms with Crippen molar-refractivity contribution in [2.24, 2.45) is 0 Å². The van der Waals surface area contributed by atoms with E-state index in [4.69, 9.17) is 19.3 Å². The summed E-state index contributed by atoms with van der Waals surface area (Å²) in [6, 6.07) is 15.1. The van der Waals surface area contributed by atoms with Gasteiger partial charge in [-0.25, -0.2) is 4.68 Å². The van der Waals surface area contributed by atoms with Gasteiger partial charge in [0.2, 0.25) is 0 Å². The molecule has 5 nitrogen and oxygen atoms in total. The highest BCUT2D eigenvalue weighted by Gasteiger charge is 2.22. The topological polar surface area (TPSA) is 45.5 Å². The predicted molar refractivity (Wildman–Crippen MR) is 118 cm³/mol. The molecule has 1 fully saturated rings. The van der Waals surface area contributed by atoms with Gasteiger partial charge < -0.3 is 14.2 Å². The average Bonchev–Trinajstić information content (AvgIpc) is 3.15. The zero-order valence-corrected chi connectivity index (χ0v) is 17.7. The van der Waals surface area contributed by atoms with Crippen molar-refractivity contribution in [1.29, 1.82) is 0 Å². The van der Waals surface area contributed by atoms with E-state index < -0.39 is 0 Å². The molecule has 2 aromatic carbocycles. The summed E-state index contributed by atoms with van der Waals surface area (Å²) in [5.41, 5.74) is 4.58. The van der Waals surface area contributed by atoms with Crippen molar-refractivity contribution in [3.05, 3.63) is 48.0 Å². The van der Waals surface area contributed by atoms with Crippen LogP contribution in [0.5, 0.6) is 5.75 Å². The molecule has 5 rings (SSSR count). The molecule has 4 bridgehead atoms. The summed E-state index contributed by atoms with van der Waals surface area (Å²) in [5.74, 6) is 0.881. The molecule has 1 aromatic heterocycles.